The van der Waals surface area contributed by atoms with Crippen LogP contribution in [0.25, 0.3) is 6.08 Å². The Morgan fingerprint density at radius 2 is 2.05 bits per heavy atom. The highest BCUT2D eigenvalue weighted by molar-refractivity contribution is 6.30. The molecule has 0 unspecified atom stereocenters. The molecule has 1 heterocycles. The van der Waals surface area contributed by atoms with Crippen LogP contribution in [0.4, 0.5) is 11.4 Å². The number of aromatic nitrogens is 2. The lowest BCUT2D eigenvalue weighted by molar-refractivity contribution is -0.385. The second-order valence-electron chi connectivity index (χ2n) is 4.18. The van der Waals surface area contributed by atoms with E-state index in [4.69, 9.17) is 11.6 Å². The van der Waals surface area contributed by atoms with E-state index >= 15 is 0 Å². The third kappa shape index (κ3) is 2.97. The summed E-state index contributed by atoms with van der Waals surface area (Å²) < 4.78 is 1.48. The Labute approximate surface area is 120 Å². The molecule has 0 radical (unpaired) electrons. The van der Waals surface area contributed by atoms with Crippen LogP contribution in [0.15, 0.2) is 30.5 Å². The van der Waals surface area contributed by atoms with Crippen LogP contribution in [0.5, 0.6) is 0 Å². The van der Waals surface area contributed by atoms with E-state index in [9.17, 15) is 10.1 Å². The minimum Gasteiger partial charge on any atom is -0.362 e. The fourth-order valence-electron chi connectivity index (χ4n) is 1.84. The average molecular weight is 293 g/mol. The molecule has 0 atom stereocenters. The smallest absolute Gasteiger partial charge is 0.317 e. The molecular weight excluding hydrogens is 280 g/mol. The Morgan fingerprint density at radius 1 is 1.40 bits per heavy atom. The van der Waals surface area contributed by atoms with Crippen molar-refractivity contribution in [3.63, 3.8) is 0 Å². The molecule has 0 aliphatic rings. The molecule has 6 nitrogen and oxygen atoms in total. The summed E-state index contributed by atoms with van der Waals surface area (Å²) in [6, 6.07) is 7.15. The molecule has 2 aromatic rings. The van der Waals surface area contributed by atoms with Gasteiger partial charge in [0, 0.05) is 24.0 Å². The van der Waals surface area contributed by atoms with Gasteiger partial charge in [-0.3, -0.25) is 14.8 Å². The number of hydrogen-bond donors (Lipinski definition) is 1. The van der Waals surface area contributed by atoms with Crippen molar-refractivity contribution in [2.45, 2.75) is 6.92 Å². The van der Waals surface area contributed by atoms with Crippen molar-refractivity contribution in [3.05, 3.63) is 57.0 Å². The molecule has 20 heavy (non-hydrogen) atoms. The van der Waals surface area contributed by atoms with Crippen molar-refractivity contribution in [2.75, 3.05) is 5.32 Å². The zero-order valence-corrected chi connectivity index (χ0v) is 11.8. The summed E-state index contributed by atoms with van der Waals surface area (Å²) in [5.41, 5.74) is 1.69. The van der Waals surface area contributed by atoms with E-state index in [1.165, 1.54) is 4.68 Å². The number of nitro groups is 1. The van der Waals surface area contributed by atoms with Crippen molar-refractivity contribution in [2.24, 2.45) is 7.05 Å². The number of halogens is 1. The Bertz CT molecular complexity index is 662. The summed E-state index contributed by atoms with van der Waals surface area (Å²) in [4.78, 5) is 10.6. The molecule has 0 aliphatic heterocycles. The predicted molar refractivity (Wildman–Crippen MR) is 78.7 cm³/mol. The summed E-state index contributed by atoms with van der Waals surface area (Å²) in [5, 5.41) is 18.7. The van der Waals surface area contributed by atoms with Gasteiger partial charge in [-0.05, 0) is 37.3 Å². The van der Waals surface area contributed by atoms with Gasteiger partial charge >= 0.3 is 5.69 Å². The molecule has 1 N–H and O–H groups in total. The van der Waals surface area contributed by atoms with Gasteiger partial charge in [0.2, 0.25) is 0 Å². The van der Waals surface area contributed by atoms with Crippen LogP contribution in [0.2, 0.25) is 5.02 Å². The number of nitrogens with zero attached hydrogens (tertiary/aromatic N) is 3. The van der Waals surface area contributed by atoms with Gasteiger partial charge in [0.15, 0.2) is 0 Å². The fraction of sp³-hybridized carbons (Fsp3) is 0.154. The maximum atomic E-state index is 11.0. The Kier molecular flexibility index (Phi) is 4.05. The van der Waals surface area contributed by atoms with E-state index in [-0.39, 0.29) is 5.69 Å². The minimum absolute atomic E-state index is 0.0154. The normalized spacial score (nSPS) is 10.9. The zero-order valence-electron chi connectivity index (χ0n) is 11.0. The van der Waals surface area contributed by atoms with Gasteiger partial charge in [0.1, 0.15) is 11.4 Å². The molecule has 1 aromatic carbocycles. The lowest BCUT2D eigenvalue weighted by atomic mass is 10.3. The number of nitrogens with one attached hydrogen (secondary N) is 1. The average Bonchev–Trinajstić information content (AvgIpc) is 2.66. The lowest BCUT2D eigenvalue weighted by Gasteiger charge is -2.00. The van der Waals surface area contributed by atoms with Gasteiger partial charge in [-0.2, -0.15) is 5.10 Å². The number of hydrogen-bond acceptors (Lipinski definition) is 4. The first-order valence-electron chi connectivity index (χ1n) is 5.85. The van der Waals surface area contributed by atoms with Crippen LogP contribution in [0.3, 0.4) is 0 Å². The molecule has 0 spiro atoms. The van der Waals surface area contributed by atoms with Crippen molar-refractivity contribution in [3.8, 4) is 0 Å². The van der Waals surface area contributed by atoms with Crippen LogP contribution >= 0.6 is 11.6 Å². The van der Waals surface area contributed by atoms with Crippen LogP contribution in [0, 0.1) is 17.0 Å². The summed E-state index contributed by atoms with van der Waals surface area (Å²) in [6.45, 7) is 1.61. The first kappa shape index (κ1) is 14.1. The first-order chi connectivity index (χ1) is 9.49. The monoisotopic (exact) mass is 292 g/mol. The summed E-state index contributed by atoms with van der Waals surface area (Å²) >= 11 is 5.79. The topological polar surface area (TPSA) is 73.0 Å². The highest BCUT2D eigenvalue weighted by Gasteiger charge is 2.21. The van der Waals surface area contributed by atoms with Crippen molar-refractivity contribution < 1.29 is 4.92 Å². The Hall–Kier alpha value is -2.34. The molecule has 0 amide bonds. The molecule has 2 rings (SSSR count). The Morgan fingerprint density at radius 3 is 2.65 bits per heavy atom. The second-order valence-corrected chi connectivity index (χ2v) is 4.62. The highest BCUT2D eigenvalue weighted by Crippen LogP contribution is 2.23. The van der Waals surface area contributed by atoms with Crippen LogP contribution in [0.1, 0.15) is 11.4 Å². The predicted octanol–water partition coefficient (Wildman–Crippen LogP) is 3.37. The minimum atomic E-state index is -0.426. The molecule has 0 bridgehead atoms. The SMILES string of the molecule is Cc1nn(C)c(/C=C/Nc2ccc(Cl)cc2)c1[N+](=O)[O-]. The number of benzene rings is 1. The van der Waals surface area contributed by atoms with Crippen LogP contribution in [-0.4, -0.2) is 14.7 Å². The van der Waals surface area contributed by atoms with E-state index in [0.29, 0.717) is 16.4 Å². The van der Waals surface area contributed by atoms with Crippen LogP contribution < -0.4 is 5.32 Å². The fourth-order valence-corrected chi connectivity index (χ4v) is 1.97. The summed E-state index contributed by atoms with van der Waals surface area (Å²) in [7, 11) is 1.67. The number of rotatable bonds is 4. The van der Waals surface area contributed by atoms with Crippen LogP contribution in [-0.2, 0) is 7.05 Å². The van der Waals surface area contributed by atoms with E-state index < -0.39 is 4.92 Å². The quantitative estimate of drug-likeness (QED) is 0.692. The summed E-state index contributed by atoms with van der Waals surface area (Å²) in [5.74, 6) is 0. The third-order valence-corrected chi connectivity index (χ3v) is 3.00. The lowest BCUT2D eigenvalue weighted by Crippen LogP contribution is -1.96. The third-order valence-electron chi connectivity index (χ3n) is 2.75. The van der Waals surface area contributed by atoms with Gasteiger partial charge < -0.3 is 5.32 Å². The molecule has 0 aliphatic carbocycles. The molecule has 0 saturated heterocycles. The van der Waals surface area contributed by atoms with Crippen molar-refractivity contribution in [1.82, 2.24) is 9.78 Å². The molecule has 0 saturated carbocycles. The first-order valence-corrected chi connectivity index (χ1v) is 6.23. The molecule has 0 fully saturated rings. The molecule has 7 heteroatoms. The van der Waals surface area contributed by atoms with Gasteiger partial charge in [-0.25, -0.2) is 0 Å². The standard InChI is InChI=1S/C13H13ClN4O2/c1-9-13(18(19)20)12(17(2)16-9)7-8-15-11-5-3-10(14)4-6-11/h3-8,15H,1-2H3/b8-7+. The van der Waals surface area contributed by atoms with Gasteiger partial charge in [-0.1, -0.05) is 11.6 Å². The van der Waals surface area contributed by atoms with Gasteiger partial charge in [-0.15, -0.1) is 0 Å². The van der Waals surface area contributed by atoms with E-state index in [2.05, 4.69) is 10.4 Å². The second kappa shape index (κ2) is 5.75. The largest absolute Gasteiger partial charge is 0.362 e. The zero-order chi connectivity index (χ0) is 14.7. The summed E-state index contributed by atoms with van der Waals surface area (Å²) in [6.07, 6.45) is 3.25. The highest BCUT2D eigenvalue weighted by atomic mass is 35.5. The maximum absolute atomic E-state index is 11.0. The van der Waals surface area contributed by atoms with Crippen molar-refractivity contribution in [1.29, 1.82) is 0 Å². The molecule has 1 aromatic heterocycles. The Balaban J connectivity index is 2.19. The van der Waals surface area contributed by atoms with Crippen molar-refractivity contribution >= 4 is 29.1 Å². The van der Waals surface area contributed by atoms with E-state index in [0.717, 1.165) is 5.69 Å². The number of anilines is 1. The van der Waals surface area contributed by atoms with Gasteiger partial charge in [0.05, 0.1) is 4.92 Å². The number of aryl methyl sites for hydroxylation is 2. The van der Waals surface area contributed by atoms with Gasteiger partial charge in [0.25, 0.3) is 0 Å². The maximum Gasteiger partial charge on any atom is 0.317 e. The molecule has 104 valence electrons. The van der Waals surface area contributed by atoms with E-state index in [1.807, 2.05) is 12.1 Å². The van der Waals surface area contributed by atoms with E-state index in [1.54, 1.807) is 38.4 Å². The molecular formula is C13H13ClN4O2.